The normalized spacial score (nSPS) is 15.5. The number of halogens is 3. The van der Waals surface area contributed by atoms with E-state index in [0.29, 0.717) is 39.3 Å². The van der Waals surface area contributed by atoms with Gasteiger partial charge in [0.05, 0.1) is 10.4 Å². The molecule has 9 heteroatoms. The van der Waals surface area contributed by atoms with Gasteiger partial charge in [0.2, 0.25) is 0 Å². The number of nitrogens with one attached hydrogen (secondary N) is 1. The summed E-state index contributed by atoms with van der Waals surface area (Å²) in [6, 6.07) is 8.03. The van der Waals surface area contributed by atoms with Crippen LogP contribution in [0.2, 0.25) is 0 Å². The smallest absolute Gasteiger partial charge is 0.351 e. The molecule has 150 valence electrons. The quantitative estimate of drug-likeness (QED) is 0.823. The molecule has 0 unspecified atom stereocenters. The molecule has 0 atom stereocenters. The topological polar surface area (TPSA) is 52.7 Å². The molecule has 5 nitrogen and oxygen atoms in total. The number of carbonyl (C=O) groups is 2. The molecule has 2 aromatic rings. The summed E-state index contributed by atoms with van der Waals surface area (Å²) in [6.45, 7) is 3.50. The van der Waals surface area contributed by atoms with Crippen molar-refractivity contribution in [1.29, 1.82) is 0 Å². The van der Waals surface area contributed by atoms with E-state index in [1.165, 1.54) is 23.5 Å². The number of hydrogen-bond acceptors (Lipinski definition) is 4. The fraction of sp³-hybridized carbons (Fsp3) is 0.368. The predicted octanol–water partition coefficient (Wildman–Crippen LogP) is 2.95. The number of hydrogen-bond donors (Lipinski definition) is 1. The Bertz CT molecular complexity index is 816. The highest BCUT2D eigenvalue weighted by Gasteiger charge is 2.31. The van der Waals surface area contributed by atoms with Crippen molar-refractivity contribution in [2.75, 3.05) is 39.3 Å². The number of nitrogens with zero attached hydrogens (tertiary/aromatic N) is 2. The highest BCUT2D eigenvalue weighted by atomic mass is 32.1. The molecule has 28 heavy (non-hydrogen) atoms. The molecule has 0 spiro atoms. The van der Waals surface area contributed by atoms with Crippen LogP contribution < -0.4 is 5.32 Å². The number of alkyl halides is 3. The molecule has 1 saturated heterocycles. The number of rotatable bonds is 5. The molecule has 1 aliphatic rings. The van der Waals surface area contributed by atoms with Crippen LogP contribution in [0.4, 0.5) is 13.2 Å². The third-order valence-electron chi connectivity index (χ3n) is 4.56. The minimum atomic E-state index is -4.48. The Balaban J connectivity index is 1.42. The van der Waals surface area contributed by atoms with Crippen molar-refractivity contribution in [2.24, 2.45) is 0 Å². The van der Waals surface area contributed by atoms with Crippen LogP contribution in [0.3, 0.4) is 0 Å². The first-order valence-corrected chi connectivity index (χ1v) is 9.73. The Morgan fingerprint density at radius 3 is 2.46 bits per heavy atom. The van der Waals surface area contributed by atoms with E-state index in [4.69, 9.17) is 0 Å². The van der Waals surface area contributed by atoms with E-state index in [1.54, 1.807) is 0 Å². The minimum Gasteiger partial charge on any atom is -0.351 e. The zero-order valence-electron chi connectivity index (χ0n) is 15.0. The van der Waals surface area contributed by atoms with Crippen molar-refractivity contribution >= 4 is 23.2 Å². The van der Waals surface area contributed by atoms with Crippen LogP contribution in [0.5, 0.6) is 0 Å². The Morgan fingerprint density at radius 1 is 1.07 bits per heavy atom. The Kier molecular flexibility index (Phi) is 6.35. The summed E-state index contributed by atoms with van der Waals surface area (Å²) in [4.78, 5) is 29.0. The molecule has 0 saturated carbocycles. The van der Waals surface area contributed by atoms with Crippen LogP contribution in [0.25, 0.3) is 0 Å². The maximum Gasteiger partial charge on any atom is 0.416 e. The lowest BCUT2D eigenvalue weighted by Crippen LogP contribution is -2.50. The first kappa shape index (κ1) is 20.3. The SMILES string of the molecule is O=C(NCCN1CCN(C(=O)c2cccs2)CC1)c1cccc(C(F)(F)F)c1. The summed E-state index contributed by atoms with van der Waals surface area (Å²) in [6.07, 6.45) is -4.48. The first-order valence-electron chi connectivity index (χ1n) is 8.85. The van der Waals surface area contributed by atoms with Crippen molar-refractivity contribution in [3.05, 3.63) is 57.8 Å². The fourth-order valence-corrected chi connectivity index (χ4v) is 3.69. The van der Waals surface area contributed by atoms with Gasteiger partial charge < -0.3 is 10.2 Å². The molecule has 0 bridgehead atoms. The van der Waals surface area contributed by atoms with Crippen molar-refractivity contribution in [3.8, 4) is 0 Å². The second-order valence-electron chi connectivity index (χ2n) is 6.45. The largest absolute Gasteiger partial charge is 0.416 e. The molecule has 0 radical (unpaired) electrons. The monoisotopic (exact) mass is 411 g/mol. The van der Waals surface area contributed by atoms with Crippen LogP contribution in [0, 0.1) is 0 Å². The molecule has 1 N–H and O–H groups in total. The second kappa shape index (κ2) is 8.74. The summed E-state index contributed by atoms with van der Waals surface area (Å²) < 4.78 is 38.2. The molecule has 1 aromatic heterocycles. The molecule has 2 heterocycles. The van der Waals surface area contributed by atoms with Crippen LogP contribution in [-0.4, -0.2) is 60.9 Å². The fourth-order valence-electron chi connectivity index (χ4n) is 3.00. The standard InChI is InChI=1S/C19H20F3N3O2S/c20-19(21,22)15-4-1-3-14(13-15)17(26)23-6-7-24-8-10-25(11-9-24)18(27)16-5-2-12-28-16/h1-5,12-13H,6-11H2,(H,23,26). The van der Waals surface area contributed by atoms with E-state index in [1.807, 2.05) is 22.4 Å². The molecule has 0 aliphatic carbocycles. The van der Waals surface area contributed by atoms with Gasteiger partial charge in [-0.05, 0) is 29.6 Å². The van der Waals surface area contributed by atoms with Gasteiger partial charge in [-0.25, -0.2) is 0 Å². The van der Waals surface area contributed by atoms with Crippen molar-refractivity contribution in [2.45, 2.75) is 6.18 Å². The predicted molar refractivity (Wildman–Crippen MR) is 100 cm³/mol. The zero-order chi connectivity index (χ0) is 20.1. The summed E-state index contributed by atoms with van der Waals surface area (Å²) in [7, 11) is 0. The number of amides is 2. The van der Waals surface area contributed by atoms with Crippen LogP contribution in [0.1, 0.15) is 25.6 Å². The van der Waals surface area contributed by atoms with E-state index >= 15 is 0 Å². The molecular formula is C19H20F3N3O2S. The van der Waals surface area contributed by atoms with Gasteiger partial charge in [0.1, 0.15) is 0 Å². The molecule has 1 aromatic carbocycles. The highest BCUT2D eigenvalue weighted by Crippen LogP contribution is 2.29. The zero-order valence-corrected chi connectivity index (χ0v) is 15.9. The van der Waals surface area contributed by atoms with Crippen molar-refractivity contribution in [3.63, 3.8) is 0 Å². The minimum absolute atomic E-state index is 0.0128. The number of benzene rings is 1. The van der Waals surface area contributed by atoms with Gasteiger partial charge in [-0.15, -0.1) is 11.3 Å². The second-order valence-corrected chi connectivity index (χ2v) is 7.39. The van der Waals surface area contributed by atoms with Crippen molar-refractivity contribution < 1.29 is 22.8 Å². The third kappa shape index (κ3) is 5.11. The summed E-state index contributed by atoms with van der Waals surface area (Å²) >= 11 is 1.42. The number of piperazine rings is 1. The summed E-state index contributed by atoms with van der Waals surface area (Å²) in [5.74, 6) is -0.495. The van der Waals surface area contributed by atoms with Gasteiger partial charge in [0.15, 0.2) is 0 Å². The molecule has 1 fully saturated rings. The van der Waals surface area contributed by atoms with Gasteiger partial charge in [-0.3, -0.25) is 14.5 Å². The van der Waals surface area contributed by atoms with Gasteiger partial charge in [0.25, 0.3) is 11.8 Å². The lowest BCUT2D eigenvalue weighted by molar-refractivity contribution is -0.137. The van der Waals surface area contributed by atoms with E-state index in [0.717, 1.165) is 17.0 Å². The first-order chi connectivity index (χ1) is 13.3. The van der Waals surface area contributed by atoms with Gasteiger partial charge in [0, 0.05) is 44.8 Å². The molecular weight excluding hydrogens is 391 g/mol. The van der Waals surface area contributed by atoms with E-state index in [9.17, 15) is 22.8 Å². The molecule has 2 amide bonds. The van der Waals surface area contributed by atoms with Crippen LogP contribution in [0.15, 0.2) is 41.8 Å². The van der Waals surface area contributed by atoms with Crippen molar-refractivity contribution in [1.82, 2.24) is 15.1 Å². The van der Waals surface area contributed by atoms with Gasteiger partial charge in [-0.1, -0.05) is 12.1 Å². The molecule has 1 aliphatic heterocycles. The number of thiophene rings is 1. The average molecular weight is 411 g/mol. The van der Waals surface area contributed by atoms with E-state index < -0.39 is 17.6 Å². The van der Waals surface area contributed by atoms with E-state index in [-0.39, 0.29) is 11.5 Å². The number of carbonyl (C=O) groups excluding carboxylic acids is 2. The summed E-state index contributed by atoms with van der Waals surface area (Å²) in [5, 5.41) is 4.53. The van der Waals surface area contributed by atoms with Crippen LogP contribution in [-0.2, 0) is 6.18 Å². The summed E-state index contributed by atoms with van der Waals surface area (Å²) in [5.41, 5.74) is -0.854. The van der Waals surface area contributed by atoms with Crippen LogP contribution >= 0.6 is 11.3 Å². The molecule has 3 rings (SSSR count). The highest BCUT2D eigenvalue weighted by molar-refractivity contribution is 7.12. The Hall–Kier alpha value is -2.39. The maximum atomic E-state index is 12.7. The average Bonchev–Trinajstić information content (AvgIpc) is 3.22. The van der Waals surface area contributed by atoms with Gasteiger partial charge >= 0.3 is 6.18 Å². The lowest BCUT2D eigenvalue weighted by atomic mass is 10.1. The lowest BCUT2D eigenvalue weighted by Gasteiger charge is -2.34. The Morgan fingerprint density at radius 2 is 1.82 bits per heavy atom. The van der Waals surface area contributed by atoms with Gasteiger partial charge in [-0.2, -0.15) is 13.2 Å². The Labute approximate surface area is 164 Å². The maximum absolute atomic E-state index is 12.7. The van der Waals surface area contributed by atoms with E-state index in [2.05, 4.69) is 10.2 Å². The third-order valence-corrected chi connectivity index (χ3v) is 5.41.